The van der Waals surface area contributed by atoms with Gasteiger partial charge in [-0.15, -0.1) is 16.4 Å². The normalized spacial score (nSPS) is 24.8. The molecule has 0 aliphatic carbocycles. The minimum absolute atomic E-state index is 0.118. The van der Waals surface area contributed by atoms with Gasteiger partial charge in [0.1, 0.15) is 46.7 Å². The molecule has 2 saturated heterocycles. The number of ether oxygens (including phenoxy) is 4. The summed E-state index contributed by atoms with van der Waals surface area (Å²) < 4.78 is 55.9. The number of amides is 1. The SMILES string of the molecule is CO[C@@H]1[C@@H](n2cc(-c3cc(F)c(Cl)c(F)c3)nn2)[C@H]2OC(c3ccccc3)OC[C@H]2O[C@H]1C(=O)N(C)c1ccc2ncsc2c1. The minimum Gasteiger partial charge on any atom is -0.376 e. The lowest BCUT2D eigenvalue weighted by molar-refractivity contribution is -0.314. The fourth-order valence-electron chi connectivity index (χ4n) is 5.77. The summed E-state index contributed by atoms with van der Waals surface area (Å²) in [5.41, 5.74) is 4.36. The lowest BCUT2D eigenvalue weighted by Gasteiger charge is -2.49. The first-order chi connectivity index (χ1) is 21.8. The molecule has 2 aliphatic rings. The second-order valence-corrected chi connectivity index (χ2v) is 12.0. The van der Waals surface area contributed by atoms with Gasteiger partial charge in [-0.1, -0.05) is 47.1 Å². The van der Waals surface area contributed by atoms with Crippen LogP contribution < -0.4 is 4.90 Å². The van der Waals surface area contributed by atoms with E-state index in [9.17, 15) is 13.6 Å². The summed E-state index contributed by atoms with van der Waals surface area (Å²) in [5, 5.41) is 7.89. The van der Waals surface area contributed by atoms with E-state index in [0.717, 1.165) is 27.9 Å². The first kappa shape index (κ1) is 29.8. The Morgan fingerprint density at radius 3 is 2.64 bits per heavy atom. The third-order valence-corrected chi connectivity index (χ3v) is 9.22. The van der Waals surface area contributed by atoms with Crippen LogP contribution in [0.1, 0.15) is 17.9 Å². The van der Waals surface area contributed by atoms with Gasteiger partial charge >= 0.3 is 0 Å². The Bertz CT molecular complexity index is 1840. The number of fused-ring (bicyclic) bond motifs is 2. The molecule has 45 heavy (non-hydrogen) atoms. The smallest absolute Gasteiger partial charge is 0.258 e. The number of aromatic nitrogens is 4. The van der Waals surface area contributed by atoms with Crippen LogP contribution in [0.4, 0.5) is 14.5 Å². The van der Waals surface area contributed by atoms with E-state index in [4.69, 9.17) is 30.5 Å². The minimum atomic E-state index is -1.10. The van der Waals surface area contributed by atoms with Crippen LogP contribution in [0.25, 0.3) is 21.5 Å². The van der Waals surface area contributed by atoms with Crippen LogP contribution in [0.15, 0.2) is 72.4 Å². The first-order valence-electron chi connectivity index (χ1n) is 14.0. The number of carbonyl (C=O) groups excluding carboxylic acids is 1. The molecule has 14 heteroatoms. The summed E-state index contributed by atoms with van der Waals surface area (Å²) >= 11 is 7.17. The van der Waals surface area contributed by atoms with Crippen molar-refractivity contribution in [2.24, 2.45) is 0 Å². The van der Waals surface area contributed by atoms with Crippen LogP contribution in [0.2, 0.25) is 5.02 Å². The zero-order chi connectivity index (χ0) is 31.2. The maximum absolute atomic E-state index is 14.3. The van der Waals surface area contributed by atoms with Crippen molar-refractivity contribution in [3.05, 3.63) is 94.6 Å². The third kappa shape index (κ3) is 5.49. The highest BCUT2D eigenvalue weighted by Crippen LogP contribution is 2.41. The number of benzene rings is 3. The molecular formula is C31H26ClF2N5O5S. The fourth-order valence-corrected chi connectivity index (χ4v) is 6.59. The number of carbonyl (C=O) groups is 1. The summed E-state index contributed by atoms with van der Waals surface area (Å²) in [7, 11) is 3.14. The molecule has 1 amide bonds. The number of thiazole rings is 1. The van der Waals surface area contributed by atoms with Gasteiger partial charge in [-0.3, -0.25) is 4.79 Å². The van der Waals surface area contributed by atoms with E-state index in [2.05, 4.69) is 15.3 Å². The molecular weight excluding hydrogens is 628 g/mol. The van der Waals surface area contributed by atoms with Crippen LogP contribution in [-0.4, -0.2) is 71.1 Å². The second-order valence-electron chi connectivity index (χ2n) is 10.7. The number of rotatable bonds is 6. The molecule has 0 radical (unpaired) electrons. The largest absolute Gasteiger partial charge is 0.376 e. The average Bonchev–Trinajstić information content (AvgIpc) is 3.75. The molecule has 2 fully saturated rings. The molecule has 2 aliphatic heterocycles. The molecule has 5 aromatic rings. The Balaban J connectivity index is 1.25. The van der Waals surface area contributed by atoms with Gasteiger partial charge < -0.3 is 23.8 Å². The number of hydrogen-bond acceptors (Lipinski definition) is 9. The zero-order valence-corrected chi connectivity index (χ0v) is 25.5. The molecule has 0 N–H and O–H groups in total. The highest BCUT2D eigenvalue weighted by atomic mass is 35.5. The van der Waals surface area contributed by atoms with Gasteiger partial charge in [-0.05, 0) is 30.3 Å². The molecule has 0 spiro atoms. The summed E-state index contributed by atoms with van der Waals surface area (Å²) in [5.74, 6) is -2.21. The van der Waals surface area contributed by atoms with E-state index in [-0.39, 0.29) is 23.8 Å². The number of nitrogens with zero attached hydrogens (tertiary/aromatic N) is 5. The van der Waals surface area contributed by atoms with Crippen molar-refractivity contribution in [2.45, 2.75) is 36.7 Å². The fraction of sp³-hybridized carbons (Fsp3) is 0.290. The van der Waals surface area contributed by atoms with Crippen LogP contribution in [0.5, 0.6) is 0 Å². The number of likely N-dealkylation sites (N-methyl/N-ethyl adjacent to an activating group) is 1. The molecule has 0 bridgehead atoms. The van der Waals surface area contributed by atoms with E-state index in [1.54, 1.807) is 12.6 Å². The maximum Gasteiger partial charge on any atom is 0.258 e. The molecule has 4 heterocycles. The lowest BCUT2D eigenvalue weighted by atomic mass is 9.90. The highest BCUT2D eigenvalue weighted by Gasteiger charge is 2.54. The highest BCUT2D eigenvalue weighted by molar-refractivity contribution is 7.16. The van der Waals surface area contributed by atoms with Gasteiger partial charge in [0.2, 0.25) is 0 Å². The number of hydrogen-bond donors (Lipinski definition) is 0. The summed E-state index contributed by atoms with van der Waals surface area (Å²) in [6, 6.07) is 16.4. The van der Waals surface area contributed by atoms with Crippen LogP contribution >= 0.6 is 22.9 Å². The molecule has 6 atom stereocenters. The van der Waals surface area contributed by atoms with Gasteiger partial charge in [0.05, 0.1) is 28.5 Å². The topological polar surface area (TPSA) is 101 Å². The number of halogens is 3. The number of anilines is 1. The quantitative estimate of drug-likeness (QED) is 0.219. The Labute approximate surface area is 265 Å². The molecule has 2 aromatic heterocycles. The Hall–Kier alpha value is -3.85. The van der Waals surface area contributed by atoms with E-state index in [1.807, 2.05) is 48.5 Å². The Morgan fingerprint density at radius 2 is 1.89 bits per heavy atom. The van der Waals surface area contributed by atoms with Crippen LogP contribution in [-0.2, 0) is 23.7 Å². The Kier molecular flexibility index (Phi) is 8.06. The lowest BCUT2D eigenvalue weighted by Crippen LogP contribution is -2.63. The van der Waals surface area contributed by atoms with Crippen molar-refractivity contribution in [2.75, 3.05) is 25.7 Å². The van der Waals surface area contributed by atoms with Crippen LogP contribution in [0, 0.1) is 11.6 Å². The summed E-state index contributed by atoms with van der Waals surface area (Å²) in [6.45, 7) is 0.118. The predicted molar refractivity (Wildman–Crippen MR) is 162 cm³/mol. The van der Waals surface area contributed by atoms with E-state index in [1.165, 1.54) is 34.2 Å². The van der Waals surface area contributed by atoms with E-state index in [0.29, 0.717) is 5.69 Å². The van der Waals surface area contributed by atoms with Gasteiger partial charge in [-0.2, -0.15) is 0 Å². The molecule has 1 unspecified atom stereocenters. The monoisotopic (exact) mass is 653 g/mol. The first-order valence-corrected chi connectivity index (χ1v) is 15.3. The van der Waals surface area contributed by atoms with E-state index < -0.39 is 53.4 Å². The maximum atomic E-state index is 14.3. The van der Waals surface area contributed by atoms with Gasteiger partial charge in [0, 0.05) is 31.0 Å². The molecule has 7 rings (SSSR count). The van der Waals surface area contributed by atoms with Gasteiger partial charge in [0.15, 0.2) is 12.4 Å². The van der Waals surface area contributed by atoms with Crippen molar-refractivity contribution in [1.82, 2.24) is 20.0 Å². The van der Waals surface area contributed by atoms with Crippen LogP contribution in [0.3, 0.4) is 0 Å². The molecule has 232 valence electrons. The Morgan fingerprint density at radius 1 is 1.11 bits per heavy atom. The number of methoxy groups -OCH3 is 1. The predicted octanol–water partition coefficient (Wildman–Crippen LogP) is 5.59. The zero-order valence-electron chi connectivity index (χ0n) is 23.9. The van der Waals surface area contributed by atoms with Crippen molar-refractivity contribution in [3.63, 3.8) is 0 Å². The molecule has 0 saturated carbocycles. The third-order valence-electron chi connectivity index (χ3n) is 8.07. The summed E-state index contributed by atoms with van der Waals surface area (Å²) in [6.07, 6.45) is -2.59. The van der Waals surface area contributed by atoms with Crippen molar-refractivity contribution >= 4 is 44.7 Å². The van der Waals surface area contributed by atoms with E-state index >= 15 is 0 Å². The van der Waals surface area contributed by atoms with Gasteiger partial charge in [-0.25, -0.2) is 18.4 Å². The summed E-state index contributed by atoms with van der Waals surface area (Å²) in [4.78, 5) is 19.9. The van der Waals surface area contributed by atoms with Gasteiger partial charge in [0.25, 0.3) is 5.91 Å². The molecule has 10 nitrogen and oxygen atoms in total. The van der Waals surface area contributed by atoms with Crippen molar-refractivity contribution in [1.29, 1.82) is 0 Å². The second kappa shape index (κ2) is 12.2. The molecule has 3 aromatic carbocycles. The standard InChI is InChI=1S/C31H26ClF2N5O5S/c1-38(18-8-9-21-24(12-18)45-15-35-21)30(40)29-28(41-2)26(27-23(43-29)14-42-31(44-27)16-6-4-3-5-7-16)39-13-22(36-37-39)17-10-19(33)25(32)20(34)11-17/h3-13,15,23,26-29,31H,14H2,1-2H3/t23-,26+,27+,28-,29-,31?/m1/s1. The average molecular weight is 654 g/mol. The van der Waals surface area contributed by atoms with Crippen molar-refractivity contribution in [3.8, 4) is 11.3 Å². The van der Waals surface area contributed by atoms with Crippen molar-refractivity contribution < 1.29 is 32.5 Å².